The van der Waals surface area contributed by atoms with Gasteiger partial charge in [-0.05, 0) is 31.0 Å². The summed E-state index contributed by atoms with van der Waals surface area (Å²) in [5.74, 6) is -0.815. The summed E-state index contributed by atoms with van der Waals surface area (Å²) in [5.41, 5.74) is 1.77. The van der Waals surface area contributed by atoms with E-state index in [0.29, 0.717) is 11.4 Å². The summed E-state index contributed by atoms with van der Waals surface area (Å²) >= 11 is 6.01. The van der Waals surface area contributed by atoms with Crippen molar-refractivity contribution in [2.75, 3.05) is 11.9 Å². The molecule has 0 heterocycles. The van der Waals surface area contributed by atoms with Gasteiger partial charge in [-0.25, -0.2) is 4.79 Å². The maximum absolute atomic E-state index is 11.1. The molecule has 4 heteroatoms. The molecule has 0 unspecified atom stereocenters. The largest absolute Gasteiger partial charge is 0.480 e. The van der Waals surface area contributed by atoms with Crippen molar-refractivity contribution in [1.82, 2.24) is 0 Å². The van der Waals surface area contributed by atoms with Crippen LogP contribution in [0.5, 0.6) is 0 Å². The lowest BCUT2D eigenvalue weighted by molar-refractivity contribution is -0.138. The molecule has 16 heavy (non-hydrogen) atoms. The van der Waals surface area contributed by atoms with Gasteiger partial charge in [-0.2, -0.15) is 0 Å². The van der Waals surface area contributed by atoms with Gasteiger partial charge in [0.25, 0.3) is 0 Å². The van der Waals surface area contributed by atoms with E-state index in [1.807, 2.05) is 26.0 Å². The van der Waals surface area contributed by atoms with Crippen molar-refractivity contribution in [2.45, 2.75) is 26.3 Å². The number of carbonyl (C=O) groups is 1. The summed E-state index contributed by atoms with van der Waals surface area (Å²) in [7, 11) is 1.78. The molecule has 1 aromatic rings. The first-order chi connectivity index (χ1) is 7.49. The van der Waals surface area contributed by atoms with Crippen LogP contribution in [0.25, 0.3) is 0 Å². The molecule has 0 saturated carbocycles. The van der Waals surface area contributed by atoms with Crippen molar-refractivity contribution in [3.8, 4) is 0 Å². The fraction of sp³-hybridized carbons (Fsp3) is 0.417. The second-order valence-electron chi connectivity index (χ2n) is 3.76. The summed E-state index contributed by atoms with van der Waals surface area (Å²) < 4.78 is 0. The molecule has 0 amide bonds. The lowest BCUT2D eigenvalue weighted by Crippen LogP contribution is -2.38. The summed E-state index contributed by atoms with van der Waals surface area (Å²) in [6.07, 6.45) is 0.553. The van der Waals surface area contributed by atoms with Crippen LogP contribution >= 0.6 is 11.6 Å². The molecule has 0 radical (unpaired) electrons. The highest BCUT2D eigenvalue weighted by Gasteiger charge is 2.22. The number of halogens is 1. The number of likely N-dealkylation sites (N-methyl/N-ethyl adjacent to an activating group) is 1. The topological polar surface area (TPSA) is 40.5 Å². The summed E-state index contributed by atoms with van der Waals surface area (Å²) in [4.78, 5) is 12.8. The van der Waals surface area contributed by atoms with Crippen LogP contribution in [0.4, 0.5) is 5.69 Å². The van der Waals surface area contributed by atoms with Gasteiger partial charge in [-0.15, -0.1) is 0 Å². The van der Waals surface area contributed by atoms with Gasteiger partial charge in [0, 0.05) is 17.8 Å². The number of hydrogen-bond acceptors (Lipinski definition) is 2. The Morgan fingerprint density at radius 2 is 2.19 bits per heavy atom. The number of rotatable bonds is 4. The summed E-state index contributed by atoms with van der Waals surface area (Å²) in [6, 6.07) is 5.00. The van der Waals surface area contributed by atoms with Crippen LogP contribution in [-0.4, -0.2) is 24.2 Å². The van der Waals surface area contributed by atoms with Crippen molar-refractivity contribution in [2.24, 2.45) is 0 Å². The van der Waals surface area contributed by atoms with E-state index >= 15 is 0 Å². The summed E-state index contributed by atoms with van der Waals surface area (Å²) in [5, 5.41) is 9.75. The highest BCUT2D eigenvalue weighted by atomic mass is 35.5. The molecule has 0 saturated heterocycles. The Kier molecular flexibility index (Phi) is 4.19. The van der Waals surface area contributed by atoms with Crippen molar-refractivity contribution in [3.05, 3.63) is 28.8 Å². The first-order valence-electron chi connectivity index (χ1n) is 5.19. The third kappa shape index (κ3) is 2.47. The zero-order valence-electron chi connectivity index (χ0n) is 9.70. The number of carboxylic acids is 1. The summed E-state index contributed by atoms with van der Waals surface area (Å²) in [6.45, 7) is 3.75. The molecule has 88 valence electrons. The highest BCUT2D eigenvalue weighted by molar-refractivity contribution is 6.31. The quantitative estimate of drug-likeness (QED) is 0.881. The minimum absolute atomic E-state index is 0.517. The molecule has 3 nitrogen and oxygen atoms in total. The minimum atomic E-state index is -0.815. The van der Waals surface area contributed by atoms with E-state index in [0.717, 1.165) is 11.3 Å². The van der Waals surface area contributed by atoms with Gasteiger partial charge >= 0.3 is 5.97 Å². The molecule has 0 aliphatic heterocycles. The van der Waals surface area contributed by atoms with Crippen LogP contribution in [0.3, 0.4) is 0 Å². The van der Waals surface area contributed by atoms with Gasteiger partial charge in [-0.3, -0.25) is 0 Å². The number of hydrogen-bond donors (Lipinski definition) is 1. The SMILES string of the molecule is CC[C@H](C(=O)O)N(C)c1cccc(Cl)c1C. The van der Waals surface area contributed by atoms with E-state index in [2.05, 4.69) is 0 Å². The number of carboxylic acid groups (broad SMARTS) is 1. The van der Waals surface area contributed by atoms with E-state index in [-0.39, 0.29) is 0 Å². The van der Waals surface area contributed by atoms with Crippen LogP contribution in [0.1, 0.15) is 18.9 Å². The van der Waals surface area contributed by atoms with E-state index in [1.54, 1.807) is 18.0 Å². The molecule has 0 aliphatic carbocycles. The number of aliphatic carboxylic acids is 1. The number of nitrogens with zero attached hydrogens (tertiary/aromatic N) is 1. The van der Waals surface area contributed by atoms with Gasteiger partial charge in [0.15, 0.2) is 0 Å². The van der Waals surface area contributed by atoms with Gasteiger partial charge in [0.1, 0.15) is 6.04 Å². The Bertz CT molecular complexity index is 393. The Morgan fingerprint density at radius 3 is 2.69 bits per heavy atom. The third-order valence-corrected chi connectivity index (χ3v) is 3.17. The van der Waals surface area contributed by atoms with Crippen LogP contribution < -0.4 is 4.90 Å². The van der Waals surface area contributed by atoms with Crippen LogP contribution in [0, 0.1) is 6.92 Å². The number of benzene rings is 1. The van der Waals surface area contributed by atoms with Crippen LogP contribution in [0.15, 0.2) is 18.2 Å². The van der Waals surface area contributed by atoms with Crippen molar-refractivity contribution in [3.63, 3.8) is 0 Å². The van der Waals surface area contributed by atoms with Gasteiger partial charge in [0.2, 0.25) is 0 Å². The minimum Gasteiger partial charge on any atom is -0.480 e. The molecule has 1 aromatic carbocycles. The lowest BCUT2D eigenvalue weighted by Gasteiger charge is -2.27. The zero-order valence-corrected chi connectivity index (χ0v) is 10.5. The average Bonchev–Trinajstić information content (AvgIpc) is 2.22. The monoisotopic (exact) mass is 241 g/mol. The predicted molar refractivity (Wildman–Crippen MR) is 66.3 cm³/mol. The van der Waals surface area contributed by atoms with E-state index in [9.17, 15) is 4.79 Å². The lowest BCUT2D eigenvalue weighted by atomic mass is 10.1. The normalized spacial score (nSPS) is 12.2. The van der Waals surface area contributed by atoms with E-state index < -0.39 is 12.0 Å². The van der Waals surface area contributed by atoms with Crippen molar-refractivity contribution in [1.29, 1.82) is 0 Å². The maximum Gasteiger partial charge on any atom is 0.326 e. The molecular weight excluding hydrogens is 226 g/mol. The molecule has 0 bridgehead atoms. The standard InChI is InChI=1S/C12H16ClNO2/c1-4-10(12(15)16)14(3)11-7-5-6-9(13)8(11)2/h5-7,10H,4H2,1-3H3,(H,15,16)/t10-/m1/s1. The fourth-order valence-electron chi connectivity index (χ4n) is 1.76. The second-order valence-corrected chi connectivity index (χ2v) is 4.16. The molecule has 0 fully saturated rings. The van der Waals surface area contributed by atoms with Gasteiger partial charge in [-0.1, -0.05) is 24.6 Å². The highest BCUT2D eigenvalue weighted by Crippen LogP contribution is 2.27. The molecule has 0 spiro atoms. The van der Waals surface area contributed by atoms with E-state index in [1.165, 1.54) is 0 Å². The Labute approximate surface area is 101 Å². The maximum atomic E-state index is 11.1. The molecule has 0 aliphatic rings. The average molecular weight is 242 g/mol. The molecular formula is C12H16ClNO2. The number of anilines is 1. The fourth-order valence-corrected chi connectivity index (χ4v) is 1.93. The van der Waals surface area contributed by atoms with Gasteiger partial charge < -0.3 is 10.0 Å². The smallest absolute Gasteiger partial charge is 0.326 e. The molecule has 1 rings (SSSR count). The molecule has 0 aromatic heterocycles. The predicted octanol–water partition coefficient (Wildman–Crippen LogP) is 2.95. The van der Waals surface area contributed by atoms with E-state index in [4.69, 9.17) is 16.7 Å². The van der Waals surface area contributed by atoms with Crippen LogP contribution in [0.2, 0.25) is 5.02 Å². The van der Waals surface area contributed by atoms with Gasteiger partial charge in [0.05, 0.1) is 0 Å². The Hall–Kier alpha value is -1.22. The van der Waals surface area contributed by atoms with Crippen LogP contribution in [-0.2, 0) is 4.79 Å². The zero-order chi connectivity index (χ0) is 12.3. The van der Waals surface area contributed by atoms with Crippen molar-refractivity contribution < 1.29 is 9.90 Å². The first kappa shape index (κ1) is 12.8. The molecule has 1 N–H and O–H groups in total. The third-order valence-electron chi connectivity index (χ3n) is 2.76. The van der Waals surface area contributed by atoms with Crippen molar-refractivity contribution >= 4 is 23.3 Å². The Morgan fingerprint density at radius 1 is 1.56 bits per heavy atom. The Balaban J connectivity index is 3.08. The second kappa shape index (κ2) is 5.21. The molecule has 1 atom stereocenters. The first-order valence-corrected chi connectivity index (χ1v) is 5.57.